The van der Waals surface area contributed by atoms with Crippen LogP contribution in [-0.2, 0) is 28.6 Å². The lowest BCUT2D eigenvalue weighted by atomic mass is 10.2. The lowest BCUT2D eigenvalue weighted by Gasteiger charge is -2.08. The second-order valence-electron chi connectivity index (χ2n) is 2.73. The average molecular weight is 226 g/mol. The molecule has 0 spiro atoms. The zero-order valence-corrected chi connectivity index (χ0v) is 9.17. The van der Waals surface area contributed by atoms with Crippen molar-refractivity contribution in [3.05, 3.63) is 0 Å². The van der Waals surface area contributed by atoms with Crippen LogP contribution in [0.15, 0.2) is 0 Å². The molecular weight excluding hydrogens is 212 g/mol. The highest BCUT2D eigenvalue weighted by atomic mass is 32.2. The highest BCUT2D eigenvalue weighted by Gasteiger charge is 2.13. The van der Waals surface area contributed by atoms with Crippen molar-refractivity contribution < 1.29 is 26.9 Å². The van der Waals surface area contributed by atoms with Crippen LogP contribution < -0.4 is 0 Å². The minimum Gasteiger partial charge on any atom is -0.469 e. The van der Waals surface area contributed by atoms with E-state index in [9.17, 15) is 13.2 Å². The summed E-state index contributed by atoms with van der Waals surface area (Å²) in [6, 6.07) is 0. The van der Waals surface area contributed by atoms with E-state index in [1.54, 1.807) is 6.92 Å². The van der Waals surface area contributed by atoms with Crippen molar-refractivity contribution in [2.45, 2.75) is 6.92 Å². The van der Waals surface area contributed by atoms with E-state index in [-0.39, 0.29) is 13.4 Å². The minimum atomic E-state index is -3.49. The zero-order chi connectivity index (χ0) is 11.2. The number of rotatable bonds is 6. The van der Waals surface area contributed by atoms with E-state index in [4.69, 9.17) is 4.74 Å². The molecule has 6 nitrogen and oxygen atoms in total. The maximum Gasteiger partial charge on any atom is 0.310 e. The molecule has 0 aromatic carbocycles. The fraction of sp³-hybridized carbons (Fsp3) is 0.857. The Hall–Kier alpha value is -0.660. The zero-order valence-electron chi connectivity index (χ0n) is 8.35. The number of esters is 1. The lowest BCUT2D eigenvalue weighted by Crippen LogP contribution is -2.19. The van der Waals surface area contributed by atoms with Crippen LogP contribution in [0, 0.1) is 5.92 Å². The third kappa shape index (κ3) is 6.81. The fourth-order valence-electron chi connectivity index (χ4n) is 0.616. The van der Waals surface area contributed by atoms with Gasteiger partial charge in [0, 0.05) is 0 Å². The third-order valence-corrected chi connectivity index (χ3v) is 1.84. The molecule has 0 rings (SSSR count). The van der Waals surface area contributed by atoms with Gasteiger partial charge >= 0.3 is 5.97 Å². The molecule has 0 aliphatic rings. The number of methoxy groups -OCH3 is 1. The number of hydrogen-bond donors (Lipinski definition) is 0. The Morgan fingerprint density at radius 2 is 2.00 bits per heavy atom. The number of ether oxygens (including phenoxy) is 2. The van der Waals surface area contributed by atoms with E-state index >= 15 is 0 Å². The second kappa shape index (κ2) is 5.94. The predicted molar refractivity (Wildman–Crippen MR) is 47.9 cm³/mol. The summed E-state index contributed by atoms with van der Waals surface area (Å²) < 4.78 is 34.5. The third-order valence-electron chi connectivity index (χ3n) is 1.32. The van der Waals surface area contributed by atoms with Gasteiger partial charge in [0.05, 0.1) is 25.9 Å². The van der Waals surface area contributed by atoms with Crippen LogP contribution in [0.3, 0.4) is 0 Å². The van der Waals surface area contributed by atoms with Crippen LogP contribution >= 0.6 is 0 Å². The van der Waals surface area contributed by atoms with Gasteiger partial charge in [-0.15, -0.1) is 0 Å². The fourth-order valence-corrected chi connectivity index (χ4v) is 0.858. The molecule has 14 heavy (non-hydrogen) atoms. The molecule has 0 N–H and O–H groups in total. The molecule has 0 saturated heterocycles. The van der Waals surface area contributed by atoms with Crippen molar-refractivity contribution >= 4 is 16.1 Å². The molecule has 0 fully saturated rings. The molecule has 84 valence electrons. The largest absolute Gasteiger partial charge is 0.469 e. The van der Waals surface area contributed by atoms with Crippen molar-refractivity contribution in [3.63, 3.8) is 0 Å². The predicted octanol–water partition coefficient (Wildman–Crippen LogP) is -0.254. The maximum atomic E-state index is 10.8. The quantitative estimate of drug-likeness (QED) is 0.269. The van der Waals surface area contributed by atoms with E-state index in [2.05, 4.69) is 8.92 Å². The molecule has 0 radical (unpaired) electrons. The van der Waals surface area contributed by atoms with Gasteiger partial charge < -0.3 is 9.47 Å². The van der Waals surface area contributed by atoms with E-state index in [1.165, 1.54) is 7.11 Å². The highest BCUT2D eigenvalue weighted by molar-refractivity contribution is 7.85. The van der Waals surface area contributed by atoms with Crippen LogP contribution in [0.2, 0.25) is 0 Å². The molecular formula is C7H14O6S. The van der Waals surface area contributed by atoms with E-state index in [0.717, 1.165) is 6.26 Å². The van der Waals surface area contributed by atoms with Crippen molar-refractivity contribution in [1.82, 2.24) is 0 Å². The first-order valence-electron chi connectivity index (χ1n) is 3.87. The average Bonchev–Trinajstić information content (AvgIpc) is 2.09. The molecule has 7 heteroatoms. The smallest absolute Gasteiger partial charge is 0.310 e. The van der Waals surface area contributed by atoms with Crippen LogP contribution in [-0.4, -0.2) is 41.2 Å². The number of carbonyl (C=O) groups excluding carboxylic acids is 1. The summed E-state index contributed by atoms with van der Waals surface area (Å²) in [4.78, 5) is 10.8. The number of carbonyl (C=O) groups is 1. The first-order valence-corrected chi connectivity index (χ1v) is 5.68. The Morgan fingerprint density at radius 1 is 1.43 bits per heavy atom. The number of hydrogen-bond acceptors (Lipinski definition) is 6. The monoisotopic (exact) mass is 226 g/mol. The van der Waals surface area contributed by atoms with Crippen LogP contribution in [0.25, 0.3) is 0 Å². The van der Waals surface area contributed by atoms with Gasteiger partial charge in [-0.05, 0) is 6.92 Å². The second-order valence-corrected chi connectivity index (χ2v) is 4.38. The lowest BCUT2D eigenvalue weighted by molar-refractivity contribution is -0.147. The molecule has 0 amide bonds. The summed E-state index contributed by atoms with van der Waals surface area (Å²) in [5.74, 6) is -0.854. The van der Waals surface area contributed by atoms with Gasteiger partial charge in [-0.1, -0.05) is 0 Å². The molecule has 0 aliphatic heterocycles. The topological polar surface area (TPSA) is 78.9 Å². The SMILES string of the molecule is COC(=O)C(C)COCOS(C)(=O)=O. The summed E-state index contributed by atoms with van der Waals surface area (Å²) in [5.41, 5.74) is 0. The van der Waals surface area contributed by atoms with Gasteiger partial charge in [0.2, 0.25) is 0 Å². The molecule has 0 heterocycles. The molecule has 1 unspecified atom stereocenters. The van der Waals surface area contributed by atoms with Gasteiger partial charge in [0.1, 0.15) is 0 Å². The van der Waals surface area contributed by atoms with Crippen LogP contribution in [0.4, 0.5) is 0 Å². The highest BCUT2D eigenvalue weighted by Crippen LogP contribution is 1.99. The summed E-state index contributed by atoms with van der Waals surface area (Å²) in [7, 11) is -2.22. The summed E-state index contributed by atoms with van der Waals surface area (Å²) in [5, 5.41) is 0. The summed E-state index contributed by atoms with van der Waals surface area (Å²) in [6.45, 7) is 1.27. The van der Waals surface area contributed by atoms with Gasteiger partial charge in [0.25, 0.3) is 10.1 Å². The minimum absolute atomic E-state index is 0.0577. The standard InChI is InChI=1S/C7H14O6S/c1-6(7(8)11-2)4-12-5-13-14(3,9)10/h6H,4-5H2,1-3H3. The van der Waals surface area contributed by atoms with Crippen molar-refractivity contribution in [2.75, 3.05) is 26.8 Å². The Kier molecular flexibility index (Phi) is 5.66. The first-order chi connectivity index (χ1) is 6.37. The molecule has 0 aliphatic carbocycles. The Balaban J connectivity index is 3.60. The molecule has 0 aromatic rings. The van der Waals surface area contributed by atoms with Gasteiger partial charge in [-0.3, -0.25) is 4.79 Å². The Morgan fingerprint density at radius 3 is 2.43 bits per heavy atom. The van der Waals surface area contributed by atoms with Crippen LogP contribution in [0.1, 0.15) is 6.92 Å². The molecule has 0 saturated carbocycles. The van der Waals surface area contributed by atoms with E-state index in [1.807, 2.05) is 0 Å². The molecule has 0 bridgehead atoms. The van der Waals surface area contributed by atoms with Crippen molar-refractivity contribution in [2.24, 2.45) is 5.92 Å². The van der Waals surface area contributed by atoms with E-state index < -0.39 is 22.0 Å². The maximum absolute atomic E-state index is 10.8. The van der Waals surface area contributed by atoms with E-state index in [0.29, 0.717) is 0 Å². The summed E-state index contributed by atoms with van der Waals surface area (Å²) in [6.07, 6.45) is 0.917. The molecule has 1 atom stereocenters. The van der Waals surface area contributed by atoms with Crippen molar-refractivity contribution in [1.29, 1.82) is 0 Å². The van der Waals surface area contributed by atoms with Gasteiger partial charge in [0.15, 0.2) is 6.79 Å². The van der Waals surface area contributed by atoms with Crippen molar-refractivity contribution in [3.8, 4) is 0 Å². The Bertz CT molecular complexity index is 270. The first kappa shape index (κ1) is 13.3. The summed E-state index contributed by atoms with van der Waals surface area (Å²) >= 11 is 0. The normalized spacial score (nSPS) is 13.6. The van der Waals surface area contributed by atoms with Crippen LogP contribution in [0.5, 0.6) is 0 Å². The Labute approximate surface area is 83.3 Å². The molecule has 0 aromatic heterocycles. The van der Waals surface area contributed by atoms with Gasteiger partial charge in [-0.25, -0.2) is 4.18 Å². The van der Waals surface area contributed by atoms with Gasteiger partial charge in [-0.2, -0.15) is 8.42 Å².